The second-order valence-electron chi connectivity index (χ2n) is 5.27. The zero-order valence-corrected chi connectivity index (χ0v) is 14.2. The first-order valence-corrected chi connectivity index (χ1v) is 7.89. The molecule has 0 unspecified atom stereocenters. The number of amidine groups is 1. The Morgan fingerprint density at radius 1 is 1.24 bits per heavy atom. The van der Waals surface area contributed by atoms with Crippen molar-refractivity contribution in [3.05, 3.63) is 77.3 Å². The van der Waals surface area contributed by atoms with E-state index in [-0.39, 0.29) is 0 Å². The normalized spacial score (nSPS) is 11.4. The molecule has 3 aromatic rings. The van der Waals surface area contributed by atoms with E-state index in [1.165, 1.54) is 0 Å². The van der Waals surface area contributed by atoms with Crippen molar-refractivity contribution in [2.45, 2.75) is 6.54 Å². The molecule has 6 nitrogen and oxygen atoms in total. The molecule has 25 heavy (non-hydrogen) atoms. The van der Waals surface area contributed by atoms with Gasteiger partial charge in [-0.2, -0.15) is 0 Å². The Kier molecular flexibility index (Phi) is 5.20. The number of nitrogens with zero attached hydrogens (tertiary/aromatic N) is 3. The summed E-state index contributed by atoms with van der Waals surface area (Å²) in [5, 5.41) is 13.6. The molecule has 0 bridgehead atoms. The fraction of sp³-hybridized carbons (Fsp3) is 0.111. The summed E-state index contributed by atoms with van der Waals surface area (Å²) in [7, 11) is 1.79. The van der Waals surface area contributed by atoms with Crippen LogP contribution in [0.1, 0.15) is 11.3 Å². The van der Waals surface area contributed by atoms with Crippen LogP contribution in [-0.2, 0) is 6.54 Å². The molecule has 7 heteroatoms. The Balaban J connectivity index is 1.86. The number of furan rings is 1. The van der Waals surface area contributed by atoms with Gasteiger partial charge in [0.25, 0.3) is 0 Å². The third-order valence-electron chi connectivity index (χ3n) is 3.47. The number of hydrogen-bond acceptors (Lipinski definition) is 5. The topological polar surface area (TPSA) is 71.1 Å². The number of hydrogen-bond donors (Lipinski definition) is 1. The minimum absolute atomic E-state index is 0.313. The highest BCUT2D eigenvalue weighted by Crippen LogP contribution is 2.25. The van der Waals surface area contributed by atoms with Crippen molar-refractivity contribution in [3.8, 4) is 11.6 Å². The summed E-state index contributed by atoms with van der Waals surface area (Å²) in [6.07, 6.45) is 3.20. The third kappa shape index (κ3) is 4.10. The number of ether oxygens (including phenoxy) is 1. The van der Waals surface area contributed by atoms with Crippen LogP contribution in [0.3, 0.4) is 0 Å². The van der Waals surface area contributed by atoms with Gasteiger partial charge in [0.2, 0.25) is 5.88 Å². The minimum Gasteiger partial charge on any atom is -0.467 e. The van der Waals surface area contributed by atoms with E-state index in [1.807, 2.05) is 6.07 Å². The SMILES string of the molecule is CN(Cc1ccco1)/C(=N\O)c1cccnc1Oc1ccc(Cl)cc1. The number of halogens is 1. The van der Waals surface area contributed by atoms with E-state index in [0.717, 1.165) is 5.76 Å². The quantitative estimate of drug-likeness (QED) is 0.317. The predicted molar refractivity (Wildman–Crippen MR) is 94.3 cm³/mol. The van der Waals surface area contributed by atoms with Gasteiger partial charge in [-0.25, -0.2) is 4.98 Å². The summed E-state index contributed by atoms with van der Waals surface area (Å²) in [6.45, 7) is 0.432. The van der Waals surface area contributed by atoms with Crippen molar-refractivity contribution in [1.29, 1.82) is 0 Å². The number of benzene rings is 1. The van der Waals surface area contributed by atoms with Crippen LogP contribution in [0.2, 0.25) is 5.02 Å². The van der Waals surface area contributed by atoms with Crippen LogP contribution in [0.15, 0.2) is 70.6 Å². The minimum atomic E-state index is 0.313. The van der Waals surface area contributed by atoms with Crippen molar-refractivity contribution in [3.63, 3.8) is 0 Å². The number of aromatic nitrogens is 1. The van der Waals surface area contributed by atoms with Crippen LogP contribution >= 0.6 is 11.6 Å². The lowest BCUT2D eigenvalue weighted by atomic mass is 10.2. The Morgan fingerprint density at radius 3 is 2.72 bits per heavy atom. The molecule has 1 aromatic carbocycles. The molecule has 2 heterocycles. The van der Waals surface area contributed by atoms with Crippen molar-refractivity contribution in [2.75, 3.05) is 7.05 Å². The maximum Gasteiger partial charge on any atom is 0.230 e. The van der Waals surface area contributed by atoms with Crippen LogP contribution in [0.5, 0.6) is 11.6 Å². The summed E-state index contributed by atoms with van der Waals surface area (Å²) in [6, 6.07) is 14.1. The van der Waals surface area contributed by atoms with Gasteiger partial charge in [0, 0.05) is 18.3 Å². The molecule has 3 rings (SSSR count). The predicted octanol–water partition coefficient (Wildman–Crippen LogP) is 4.39. The molecule has 0 aliphatic heterocycles. The first-order valence-electron chi connectivity index (χ1n) is 7.52. The molecular formula is C18H16ClN3O3. The highest BCUT2D eigenvalue weighted by molar-refractivity contribution is 6.30. The molecule has 128 valence electrons. The average molecular weight is 358 g/mol. The summed E-state index contributed by atoms with van der Waals surface area (Å²) in [5.41, 5.74) is 0.550. The van der Waals surface area contributed by atoms with Gasteiger partial charge in [-0.05, 0) is 48.5 Å². The van der Waals surface area contributed by atoms with Gasteiger partial charge in [-0.15, -0.1) is 0 Å². The standard InChI is InChI=1S/C18H16ClN3O3/c1-22(12-15-4-3-11-24-15)17(21-23)16-5-2-10-20-18(16)25-14-8-6-13(19)7-9-14/h2-11,23H,12H2,1H3/b21-17-. The first kappa shape index (κ1) is 16.9. The Hall–Kier alpha value is -2.99. The van der Waals surface area contributed by atoms with Gasteiger partial charge >= 0.3 is 0 Å². The molecule has 0 spiro atoms. The third-order valence-corrected chi connectivity index (χ3v) is 3.72. The van der Waals surface area contributed by atoms with E-state index in [4.69, 9.17) is 20.8 Å². The van der Waals surface area contributed by atoms with Crippen molar-refractivity contribution in [2.24, 2.45) is 5.16 Å². The fourth-order valence-corrected chi connectivity index (χ4v) is 2.43. The van der Waals surface area contributed by atoms with Crippen molar-refractivity contribution < 1.29 is 14.4 Å². The molecule has 0 aliphatic carbocycles. The maximum atomic E-state index is 9.52. The van der Waals surface area contributed by atoms with Crippen LogP contribution in [0.25, 0.3) is 0 Å². The van der Waals surface area contributed by atoms with Crippen LogP contribution in [0, 0.1) is 0 Å². The van der Waals surface area contributed by atoms with E-state index in [1.54, 1.807) is 66.9 Å². The fourth-order valence-electron chi connectivity index (χ4n) is 2.30. The van der Waals surface area contributed by atoms with Gasteiger partial charge in [0.15, 0.2) is 5.84 Å². The molecule has 0 fully saturated rings. The lowest BCUT2D eigenvalue weighted by molar-refractivity contribution is 0.302. The second-order valence-corrected chi connectivity index (χ2v) is 5.71. The zero-order valence-electron chi connectivity index (χ0n) is 13.5. The summed E-state index contributed by atoms with van der Waals surface area (Å²) in [5.74, 6) is 1.96. The van der Waals surface area contributed by atoms with Gasteiger partial charge in [-0.1, -0.05) is 16.8 Å². The molecule has 0 aliphatic rings. The maximum absolute atomic E-state index is 9.52. The van der Waals surface area contributed by atoms with Gasteiger partial charge in [0.1, 0.15) is 11.5 Å². The summed E-state index contributed by atoms with van der Waals surface area (Å²) < 4.78 is 11.2. The molecule has 0 atom stereocenters. The summed E-state index contributed by atoms with van der Waals surface area (Å²) >= 11 is 5.89. The van der Waals surface area contributed by atoms with Crippen molar-refractivity contribution >= 4 is 17.4 Å². The van der Waals surface area contributed by atoms with Gasteiger partial charge < -0.3 is 19.3 Å². The summed E-state index contributed by atoms with van der Waals surface area (Å²) in [4.78, 5) is 5.99. The lowest BCUT2D eigenvalue weighted by Gasteiger charge is -2.20. The Bertz CT molecular complexity index is 848. The molecule has 2 aromatic heterocycles. The molecule has 0 saturated heterocycles. The van der Waals surface area contributed by atoms with E-state index >= 15 is 0 Å². The van der Waals surface area contributed by atoms with Gasteiger partial charge in [0.05, 0.1) is 18.4 Å². The average Bonchev–Trinajstić information content (AvgIpc) is 3.12. The highest BCUT2D eigenvalue weighted by atomic mass is 35.5. The van der Waals surface area contributed by atoms with Crippen molar-refractivity contribution in [1.82, 2.24) is 9.88 Å². The van der Waals surface area contributed by atoms with E-state index in [0.29, 0.717) is 34.6 Å². The molecular weight excluding hydrogens is 342 g/mol. The van der Waals surface area contributed by atoms with E-state index in [2.05, 4.69) is 10.1 Å². The van der Waals surface area contributed by atoms with E-state index < -0.39 is 0 Å². The molecule has 0 saturated carbocycles. The molecule has 0 radical (unpaired) electrons. The Morgan fingerprint density at radius 2 is 2.04 bits per heavy atom. The number of pyridine rings is 1. The largest absolute Gasteiger partial charge is 0.467 e. The van der Waals surface area contributed by atoms with E-state index in [9.17, 15) is 5.21 Å². The van der Waals surface area contributed by atoms with Crippen LogP contribution in [0.4, 0.5) is 0 Å². The van der Waals surface area contributed by atoms with Crippen LogP contribution in [-0.4, -0.2) is 28.0 Å². The second kappa shape index (κ2) is 7.72. The monoisotopic (exact) mass is 357 g/mol. The highest BCUT2D eigenvalue weighted by Gasteiger charge is 2.18. The lowest BCUT2D eigenvalue weighted by Crippen LogP contribution is -2.27. The molecule has 1 N–H and O–H groups in total. The number of rotatable bonds is 5. The smallest absolute Gasteiger partial charge is 0.230 e. The van der Waals surface area contributed by atoms with Crippen LogP contribution < -0.4 is 4.74 Å². The zero-order chi connectivity index (χ0) is 17.6. The number of oxime groups is 1. The first-order chi connectivity index (χ1) is 12.2. The van der Waals surface area contributed by atoms with Gasteiger partial charge in [-0.3, -0.25) is 0 Å². The molecule has 0 amide bonds. The Labute approximate surface area is 149 Å².